The molecule has 0 saturated carbocycles. The van der Waals surface area contributed by atoms with Crippen LogP contribution in [0.1, 0.15) is 361 Å². The van der Waals surface area contributed by atoms with Gasteiger partial charge in [0, 0.05) is 19.3 Å². The van der Waals surface area contributed by atoms with Gasteiger partial charge in [-0.1, -0.05) is 325 Å². The first kappa shape index (κ1) is 76.9. The first-order valence-electron chi connectivity index (χ1n) is 34.9. The highest BCUT2D eigenvalue weighted by Crippen LogP contribution is 2.18. The van der Waals surface area contributed by atoms with E-state index < -0.39 is 6.10 Å². The molecule has 6 nitrogen and oxygen atoms in total. The molecule has 0 aromatic heterocycles. The van der Waals surface area contributed by atoms with E-state index in [1.807, 2.05) is 0 Å². The molecule has 1 atom stereocenters. The predicted octanol–water partition coefficient (Wildman–Crippen LogP) is 24.1. The van der Waals surface area contributed by atoms with E-state index in [1.165, 1.54) is 225 Å². The molecule has 0 fully saturated rings. The molecule has 0 bridgehead atoms. The third kappa shape index (κ3) is 65.7. The average molecular weight is 1120 g/mol. The lowest BCUT2D eigenvalue weighted by molar-refractivity contribution is -0.167. The Morgan fingerprint density at radius 3 is 0.762 bits per heavy atom. The van der Waals surface area contributed by atoms with Crippen molar-refractivity contribution in [1.82, 2.24) is 0 Å². The second-order valence-electron chi connectivity index (χ2n) is 23.4. The van der Waals surface area contributed by atoms with Gasteiger partial charge in [0.25, 0.3) is 0 Å². The van der Waals surface area contributed by atoms with E-state index in [1.54, 1.807) is 0 Å². The second kappa shape index (κ2) is 68.3. The van der Waals surface area contributed by atoms with Crippen molar-refractivity contribution in [2.75, 3.05) is 13.2 Å². The van der Waals surface area contributed by atoms with Crippen molar-refractivity contribution >= 4 is 17.9 Å². The first-order valence-corrected chi connectivity index (χ1v) is 34.9. The van der Waals surface area contributed by atoms with Crippen molar-refractivity contribution in [1.29, 1.82) is 0 Å². The van der Waals surface area contributed by atoms with E-state index >= 15 is 0 Å². The smallest absolute Gasteiger partial charge is 0.306 e. The van der Waals surface area contributed by atoms with Gasteiger partial charge < -0.3 is 14.2 Å². The molecule has 6 heteroatoms. The van der Waals surface area contributed by atoms with Crippen LogP contribution in [0.15, 0.2) is 72.9 Å². The third-order valence-electron chi connectivity index (χ3n) is 15.4. The minimum Gasteiger partial charge on any atom is -0.462 e. The van der Waals surface area contributed by atoms with E-state index in [0.717, 1.165) is 96.3 Å². The van der Waals surface area contributed by atoms with E-state index in [9.17, 15) is 14.4 Å². The number of allylic oxidation sites excluding steroid dienone is 12. The van der Waals surface area contributed by atoms with Crippen LogP contribution in [-0.4, -0.2) is 37.2 Å². The molecule has 0 aliphatic carbocycles. The maximum atomic E-state index is 12.9. The molecular formula is C74H132O6. The van der Waals surface area contributed by atoms with Crippen LogP contribution < -0.4 is 0 Å². The highest BCUT2D eigenvalue weighted by atomic mass is 16.6. The fraction of sp³-hybridized carbons (Fsp3) is 0.797. The molecule has 0 heterocycles. The lowest BCUT2D eigenvalue weighted by atomic mass is 10.0. The molecule has 0 aromatic carbocycles. The summed E-state index contributed by atoms with van der Waals surface area (Å²) in [6, 6.07) is 0. The van der Waals surface area contributed by atoms with Crippen LogP contribution >= 0.6 is 0 Å². The SMILES string of the molecule is CC/C=C\C/C=C\C/C=C\C/C=C\CCCCCCCCCCC(=O)OC(COC(=O)CCCCCCCCCCCC)COC(=O)CCCCCCCCCCCCCCCCCCCCC/C=C\C/C=C\CCCCCCC. The van der Waals surface area contributed by atoms with Crippen LogP contribution in [0.4, 0.5) is 0 Å². The quantitative estimate of drug-likeness (QED) is 0.0261. The van der Waals surface area contributed by atoms with Crippen LogP contribution in [0.25, 0.3) is 0 Å². The molecule has 0 aromatic rings. The zero-order valence-electron chi connectivity index (χ0n) is 53.3. The normalized spacial score (nSPS) is 12.5. The Morgan fingerprint density at radius 1 is 0.263 bits per heavy atom. The molecule has 1 unspecified atom stereocenters. The molecule has 464 valence electrons. The van der Waals surface area contributed by atoms with Gasteiger partial charge in [-0.25, -0.2) is 0 Å². The summed E-state index contributed by atoms with van der Waals surface area (Å²) in [7, 11) is 0. The molecule has 80 heavy (non-hydrogen) atoms. The van der Waals surface area contributed by atoms with Crippen molar-refractivity contribution < 1.29 is 28.6 Å². The van der Waals surface area contributed by atoms with Gasteiger partial charge >= 0.3 is 17.9 Å². The zero-order valence-corrected chi connectivity index (χ0v) is 53.3. The van der Waals surface area contributed by atoms with Gasteiger partial charge in [-0.05, 0) is 89.9 Å². The highest BCUT2D eigenvalue weighted by Gasteiger charge is 2.19. The van der Waals surface area contributed by atoms with E-state index in [2.05, 4.69) is 93.7 Å². The summed E-state index contributed by atoms with van der Waals surface area (Å²) in [6.07, 6.45) is 89.4. The molecule has 0 amide bonds. The van der Waals surface area contributed by atoms with E-state index in [0.29, 0.717) is 19.3 Å². The Morgan fingerprint density at radius 2 is 0.487 bits per heavy atom. The monoisotopic (exact) mass is 1120 g/mol. The lowest BCUT2D eigenvalue weighted by Crippen LogP contribution is -2.30. The second-order valence-corrected chi connectivity index (χ2v) is 23.4. The number of carbonyl (C=O) groups excluding carboxylic acids is 3. The Bertz CT molecular complexity index is 1470. The van der Waals surface area contributed by atoms with Crippen molar-refractivity contribution in [2.45, 2.75) is 367 Å². The number of rotatable bonds is 64. The molecule has 0 rings (SSSR count). The van der Waals surface area contributed by atoms with Gasteiger partial charge in [-0.15, -0.1) is 0 Å². The molecule has 0 radical (unpaired) electrons. The van der Waals surface area contributed by atoms with Gasteiger partial charge in [-0.3, -0.25) is 14.4 Å². The summed E-state index contributed by atoms with van der Waals surface area (Å²) in [4.78, 5) is 38.3. The fourth-order valence-corrected chi connectivity index (χ4v) is 10.2. The van der Waals surface area contributed by atoms with Crippen molar-refractivity contribution in [2.24, 2.45) is 0 Å². The minimum absolute atomic E-state index is 0.0742. The molecule has 0 aliphatic heterocycles. The highest BCUT2D eigenvalue weighted by molar-refractivity contribution is 5.71. The molecule has 0 spiro atoms. The van der Waals surface area contributed by atoms with Gasteiger partial charge in [-0.2, -0.15) is 0 Å². The number of carbonyl (C=O) groups is 3. The van der Waals surface area contributed by atoms with Crippen molar-refractivity contribution in [3.63, 3.8) is 0 Å². The topological polar surface area (TPSA) is 78.9 Å². The van der Waals surface area contributed by atoms with Crippen molar-refractivity contribution in [3.05, 3.63) is 72.9 Å². The first-order chi connectivity index (χ1) is 39.5. The Kier molecular flexibility index (Phi) is 65.7. The van der Waals surface area contributed by atoms with Gasteiger partial charge in [0.1, 0.15) is 13.2 Å². The lowest BCUT2D eigenvalue weighted by Gasteiger charge is -2.18. The number of ether oxygens (including phenoxy) is 3. The van der Waals surface area contributed by atoms with Gasteiger partial charge in [0.05, 0.1) is 0 Å². The Labute approximate surface area is 497 Å². The number of hydrogen-bond donors (Lipinski definition) is 0. The summed E-state index contributed by atoms with van der Waals surface area (Å²) in [5.41, 5.74) is 0. The maximum absolute atomic E-state index is 12.9. The summed E-state index contributed by atoms with van der Waals surface area (Å²) in [5, 5.41) is 0. The number of hydrogen-bond acceptors (Lipinski definition) is 6. The zero-order chi connectivity index (χ0) is 57.8. The van der Waals surface area contributed by atoms with Crippen LogP contribution in [0.5, 0.6) is 0 Å². The van der Waals surface area contributed by atoms with E-state index in [4.69, 9.17) is 14.2 Å². The Hall–Kier alpha value is -3.15. The fourth-order valence-electron chi connectivity index (χ4n) is 10.2. The van der Waals surface area contributed by atoms with Crippen LogP contribution in [-0.2, 0) is 28.6 Å². The summed E-state index contributed by atoms with van der Waals surface area (Å²) >= 11 is 0. The largest absolute Gasteiger partial charge is 0.462 e. The third-order valence-corrected chi connectivity index (χ3v) is 15.4. The van der Waals surface area contributed by atoms with Crippen LogP contribution in [0, 0.1) is 0 Å². The van der Waals surface area contributed by atoms with Gasteiger partial charge in [0.2, 0.25) is 0 Å². The van der Waals surface area contributed by atoms with Gasteiger partial charge in [0.15, 0.2) is 6.10 Å². The Balaban J connectivity index is 4.13. The number of unbranched alkanes of at least 4 members (excludes halogenated alkanes) is 41. The average Bonchev–Trinajstić information content (AvgIpc) is 3.46. The van der Waals surface area contributed by atoms with Crippen LogP contribution in [0.2, 0.25) is 0 Å². The molecule has 0 aliphatic rings. The molecule has 0 N–H and O–H groups in total. The summed E-state index contributed by atoms with van der Waals surface area (Å²) in [5.74, 6) is -0.864. The molecular weight excluding hydrogens is 985 g/mol. The summed E-state index contributed by atoms with van der Waals surface area (Å²) in [6.45, 7) is 6.55. The standard InChI is InChI=1S/C74H132O6/c1-4-7-10-13-16-19-22-24-26-28-30-32-33-34-35-36-37-38-39-40-41-43-44-46-48-50-52-55-58-61-64-67-73(76)79-70-71(69-78-72(75)66-63-60-57-54-21-18-15-12-9-6-3)80-74(77)68-65-62-59-56-53-51-49-47-45-42-31-29-27-25-23-20-17-14-11-8-5-2/h8,11,17,20,22,24-25,27-28,30-31,42,71H,4-7,9-10,12-16,18-19,21,23,26,29,32-41,43-70H2,1-3H3/b11-8-,20-17-,24-22-,27-25-,30-28-,42-31-. The summed E-state index contributed by atoms with van der Waals surface area (Å²) < 4.78 is 16.9. The van der Waals surface area contributed by atoms with Crippen LogP contribution in [0.3, 0.4) is 0 Å². The van der Waals surface area contributed by atoms with Crippen molar-refractivity contribution in [3.8, 4) is 0 Å². The minimum atomic E-state index is -0.777. The maximum Gasteiger partial charge on any atom is 0.306 e. The van der Waals surface area contributed by atoms with E-state index in [-0.39, 0.29) is 31.1 Å². The number of esters is 3. The molecule has 0 saturated heterocycles. The predicted molar refractivity (Wildman–Crippen MR) is 348 cm³/mol.